The van der Waals surface area contributed by atoms with Crippen molar-refractivity contribution in [3.8, 4) is 0 Å². The van der Waals surface area contributed by atoms with Crippen LogP contribution in [-0.2, 0) is 6.54 Å². The first-order valence-electron chi connectivity index (χ1n) is 5.97. The zero-order chi connectivity index (χ0) is 13.7. The number of hydrogen-bond donors (Lipinski definition) is 2. The molecule has 2 aromatic heterocycles. The van der Waals surface area contributed by atoms with Crippen LogP contribution in [0.4, 0.5) is 0 Å². The average molecular weight is 281 g/mol. The summed E-state index contributed by atoms with van der Waals surface area (Å²) in [6, 6.07) is 0.225. The number of carbonyl (C=O) groups is 1. The standard InChI is InChI=1S/C11H15N5O2S/c1-2-8(10-13-4-6-19-10)12-3-5-16-7-9(11(17)18)14-15-16/h4,6-8,12H,2-3,5H2,1H3,(H,17,18). The maximum absolute atomic E-state index is 10.7. The van der Waals surface area contributed by atoms with E-state index in [-0.39, 0.29) is 11.7 Å². The highest BCUT2D eigenvalue weighted by atomic mass is 32.1. The van der Waals surface area contributed by atoms with Crippen molar-refractivity contribution in [2.24, 2.45) is 0 Å². The number of thiazole rings is 1. The molecule has 8 heteroatoms. The molecular weight excluding hydrogens is 266 g/mol. The SMILES string of the molecule is CCC(NCCn1cc(C(=O)O)nn1)c1nccs1. The third-order valence-electron chi connectivity index (χ3n) is 2.65. The molecule has 2 rings (SSSR count). The van der Waals surface area contributed by atoms with Crippen molar-refractivity contribution >= 4 is 17.3 Å². The van der Waals surface area contributed by atoms with E-state index >= 15 is 0 Å². The molecule has 1 unspecified atom stereocenters. The Hall–Kier alpha value is -1.80. The van der Waals surface area contributed by atoms with E-state index in [0.717, 1.165) is 11.4 Å². The van der Waals surface area contributed by atoms with Crippen molar-refractivity contribution in [1.82, 2.24) is 25.3 Å². The molecule has 0 aliphatic carbocycles. The summed E-state index contributed by atoms with van der Waals surface area (Å²) in [5.74, 6) is -1.06. The number of carboxylic acid groups (broad SMARTS) is 1. The van der Waals surface area contributed by atoms with Crippen molar-refractivity contribution in [3.05, 3.63) is 28.5 Å². The van der Waals surface area contributed by atoms with E-state index in [0.29, 0.717) is 13.1 Å². The molecular formula is C11H15N5O2S. The van der Waals surface area contributed by atoms with Crippen molar-refractivity contribution in [2.75, 3.05) is 6.54 Å². The minimum atomic E-state index is -1.06. The third-order valence-corrected chi connectivity index (χ3v) is 3.54. The van der Waals surface area contributed by atoms with E-state index in [1.54, 1.807) is 17.5 Å². The van der Waals surface area contributed by atoms with Crippen LogP contribution >= 0.6 is 11.3 Å². The van der Waals surface area contributed by atoms with Gasteiger partial charge in [-0.2, -0.15) is 0 Å². The summed E-state index contributed by atoms with van der Waals surface area (Å²) in [5.41, 5.74) is -0.0352. The molecule has 0 aliphatic rings. The molecule has 19 heavy (non-hydrogen) atoms. The number of carboxylic acids is 1. The zero-order valence-corrected chi connectivity index (χ0v) is 11.3. The molecule has 0 amide bonds. The number of nitrogens with one attached hydrogen (secondary N) is 1. The third kappa shape index (κ3) is 3.58. The minimum Gasteiger partial charge on any atom is -0.476 e. The van der Waals surface area contributed by atoms with E-state index in [1.807, 2.05) is 5.38 Å². The van der Waals surface area contributed by atoms with Gasteiger partial charge in [-0.25, -0.2) is 9.78 Å². The van der Waals surface area contributed by atoms with Gasteiger partial charge in [0, 0.05) is 18.1 Å². The molecule has 0 saturated carbocycles. The van der Waals surface area contributed by atoms with E-state index < -0.39 is 5.97 Å². The van der Waals surface area contributed by atoms with Crippen LogP contribution < -0.4 is 5.32 Å². The Labute approximate surface area is 114 Å². The van der Waals surface area contributed by atoms with E-state index in [2.05, 4.69) is 27.5 Å². The molecule has 2 N–H and O–H groups in total. The lowest BCUT2D eigenvalue weighted by molar-refractivity contribution is 0.0690. The van der Waals surface area contributed by atoms with Gasteiger partial charge in [-0.3, -0.25) is 4.68 Å². The van der Waals surface area contributed by atoms with Crippen molar-refractivity contribution < 1.29 is 9.90 Å². The molecule has 0 aromatic carbocycles. The lowest BCUT2D eigenvalue weighted by Crippen LogP contribution is -2.25. The summed E-state index contributed by atoms with van der Waals surface area (Å²) in [4.78, 5) is 14.9. The summed E-state index contributed by atoms with van der Waals surface area (Å²) in [6.45, 7) is 3.35. The Kier molecular flexibility index (Phi) is 4.58. The topological polar surface area (TPSA) is 92.9 Å². The summed E-state index contributed by atoms with van der Waals surface area (Å²) >= 11 is 1.62. The minimum absolute atomic E-state index is 0.0352. The van der Waals surface area contributed by atoms with Crippen molar-refractivity contribution in [1.29, 1.82) is 0 Å². The highest BCUT2D eigenvalue weighted by molar-refractivity contribution is 7.09. The van der Waals surface area contributed by atoms with E-state index in [9.17, 15) is 4.79 Å². The average Bonchev–Trinajstić information content (AvgIpc) is 3.05. The molecule has 0 bridgehead atoms. The number of nitrogens with zero attached hydrogens (tertiary/aromatic N) is 4. The molecule has 1 atom stereocenters. The molecule has 0 radical (unpaired) electrons. The monoisotopic (exact) mass is 281 g/mol. The summed E-state index contributed by atoms with van der Waals surface area (Å²) in [6.07, 6.45) is 4.17. The highest BCUT2D eigenvalue weighted by Gasteiger charge is 2.11. The molecule has 0 saturated heterocycles. The van der Waals surface area contributed by atoms with Crippen LogP contribution in [0.25, 0.3) is 0 Å². The molecule has 7 nitrogen and oxygen atoms in total. The number of aromatic carboxylic acids is 1. The second-order valence-corrected chi connectivity index (χ2v) is 4.88. The van der Waals surface area contributed by atoms with Gasteiger partial charge in [0.1, 0.15) is 5.01 Å². The molecule has 0 spiro atoms. The van der Waals surface area contributed by atoms with Crippen molar-refractivity contribution in [2.45, 2.75) is 25.9 Å². The Bertz CT molecular complexity index is 525. The van der Waals surface area contributed by atoms with Gasteiger partial charge < -0.3 is 10.4 Å². The van der Waals surface area contributed by atoms with E-state index in [1.165, 1.54) is 10.9 Å². The fourth-order valence-electron chi connectivity index (χ4n) is 1.67. The Balaban J connectivity index is 1.83. The Morgan fingerprint density at radius 1 is 1.63 bits per heavy atom. The van der Waals surface area contributed by atoms with Gasteiger partial charge in [-0.15, -0.1) is 16.4 Å². The Morgan fingerprint density at radius 2 is 2.47 bits per heavy atom. The van der Waals surface area contributed by atoms with Crippen LogP contribution in [0.15, 0.2) is 17.8 Å². The zero-order valence-electron chi connectivity index (χ0n) is 10.5. The van der Waals surface area contributed by atoms with Gasteiger partial charge in [0.2, 0.25) is 0 Å². The normalized spacial score (nSPS) is 12.5. The van der Waals surface area contributed by atoms with Gasteiger partial charge in [0.25, 0.3) is 0 Å². The Morgan fingerprint density at radius 3 is 3.05 bits per heavy atom. The van der Waals surface area contributed by atoms with Gasteiger partial charge in [-0.1, -0.05) is 12.1 Å². The number of rotatable bonds is 7. The van der Waals surface area contributed by atoms with Crippen LogP contribution in [0.5, 0.6) is 0 Å². The first-order valence-corrected chi connectivity index (χ1v) is 6.85. The maximum atomic E-state index is 10.7. The predicted octanol–water partition coefficient (Wildman–Crippen LogP) is 1.17. The molecule has 2 aromatic rings. The fourth-order valence-corrected chi connectivity index (χ4v) is 2.47. The second-order valence-electron chi connectivity index (χ2n) is 3.96. The largest absolute Gasteiger partial charge is 0.476 e. The van der Waals surface area contributed by atoms with Gasteiger partial charge in [0.05, 0.1) is 18.8 Å². The van der Waals surface area contributed by atoms with Gasteiger partial charge in [-0.05, 0) is 6.42 Å². The highest BCUT2D eigenvalue weighted by Crippen LogP contribution is 2.18. The summed E-state index contributed by atoms with van der Waals surface area (Å²) in [5, 5.41) is 22.4. The van der Waals surface area contributed by atoms with E-state index in [4.69, 9.17) is 5.11 Å². The quantitative estimate of drug-likeness (QED) is 0.791. The summed E-state index contributed by atoms with van der Waals surface area (Å²) < 4.78 is 1.52. The van der Waals surface area contributed by atoms with Crippen LogP contribution in [0, 0.1) is 0 Å². The summed E-state index contributed by atoms with van der Waals surface area (Å²) in [7, 11) is 0. The second kappa shape index (κ2) is 6.39. The molecule has 0 aliphatic heterocycles. The van der Waals surface area contributed by atoms with Crippen LogP contribution in [0.3, 0.4) is 0 Å². The van der Waals surface area contributed by atoms with Crippen molar-refractivity contribution in [3.63, 3.8) is 0 Å². The maximum Gasteiger partial charge on any atom is 0.358 e. The van der Waals surface area contributed by atoms with Gasteiger partial charge >= 0.3 is 5.97 Å². The first-order chi connectivity index (χ1) is 9.20. The smallest absolute Gasteiger partial charge is 0.358 e. The van der Waals surface area contributed by atoms with Crippen LogP contribution in [0.2, 0.25) is 0 Å². The predicted molar refractivity (Wildman–Crippen MR) is 70.1 cm³/mol. The number of hydrogen-bond acceptors (Lipinski definition) is 6. The number of aromatic nitrogens is 4. The lowest BCUT2D eigenvalue weighted by atomic mass is 10.2. The van der Waals surface area contributed by atoms with Crippen LogP contribution in [0.1, 0.15) is 34.9 Å². The van der Waals surface area contributed by atoms with Gasteiger partial charge in [0.15, 0.2) is 5.69 Å². The lowest BCUT2D eigenvalue weighted by Gasteiger charge is -2.13. The van der Waals surface area contributed by atoms with Crippen LogP contribution in [-0.4, -0.2) is 37.6 Å². The molecule has 0 fully saturated rings. The molecule has 2 heterocycles. The molecule has 102 valence electrons. The first kappa shape index (κ1) is 13.6. The fraction of sp³-hybridized carbons (Fsp3) is 0.455.